The van der Waals surface area contributed by atoms with Crippen molar-refractivity contribution in [1.29, 1.82) is 0 Å². The van der Waals surface area contributed by atoms with E-state index in [1.54, 1.807) is 44.3 Å². The number of ether oxygens (including phenoxy) is 2. The SMILES string of the molecule is COC1(c2cc(F)cc(Sc3ccc(C(=O)N(C)C)cc3)c2)CCOCC1. The van der Waals surface area contributed by atoms with Gasteiger partial charge in [-0.15, -0.1) is 0 Å². The molecule has 0 aliphatic carbocycles. The second-order valence-corrected chi connectivity index (χ2v) is 7.96. The van der Waals surface area contributed by atoms with Crippen LogP contribution in [0.4, 0.5) is 4.39 Å². The summed E-state index contributed by atoms with van der Waals surface area (Å²) < 4.78 is 25.5. The van der Waals surface area contributed by atoms with Crippen molar-refractivity contribution < 1.29 is 18.7 Å². The Hall–Kier alpha value is -1.89. The van der Waals surface area contributed by atoms with Crippen molar-refractivity contribution in [1.82, 2.24) is 4.90 Å². The smallest absolute Gasteiger partial charge is 0.253 e. The van der Waals surface area contributed by atoms with E-state index in [4.69, 9.17) is 9.47 Å². The van der Waals surface area contributed by atoms with Gasteiger partial charge in [0.15, 0.2) is 0 Å². The molecule has 1 heterocycles. The summed E-state index contributed by atoms with van der Waals surface area (Å²) in [5.74, 6) is -0.321. The molecule has 1 fully saturated rings. The minimum absolute atomic E-state index is 0.0406. The van der Waals surface area contributed by atoms with Crippen molar-refractivity contribution in [3.63, 3.8) is 0 Å². The Bertz CT molecular complexity index is 802. The average Bonchev–Trinajstić information content (AvgIpc) is 2.68. The molecule has 1 aliphatic rings. The van der Waals surface area contributed by atoms with Crippen LogP contribution < -0.4 is 0 Å². The number of carbonyl (C=O) groups is 1. The van der Waals surface area contributed by atoms with Gasteiger partial charge in [0.25, 0.3) is 5.91 Å². The first-order chi connectivity index (χ1) is 12.9. The van der Waals surface area contributed by atoms with Crippen molar-refractivity contribution in [3.8, 4) is 0 Å². The minimum atomic E-state index is -0.502. The molecular weight excluding hydrogens is 365 g/mol. The van der Waals surface area contributed by atoms with Gasteiger partial charge in [0.1, 0.15) is 5.82 Å². The highest BCUT2D eigenvalue weighted by Crippen LogP contribution is 2.38. The summed E-state index contributed by atoms with van der Waals surface area (Å²) in [5, 5.41) is 0. The lowest BCUT2D eigenvalue weighted by molar-refractivity contribution is -0.0950. The first-order valence-corrected chi connectivity index (χ1v) is 9.69. The highest BCUT2D eigenvalue weighted by Gasteiger charge is 2.35. The quantitative estimate of drug-likeness (QED) is 0.763. The maximum absolute atomic E-state index is 14.3. The summed E-state index contributed by atoms with van der Waals surface area (Å²) in [4.78, 5) is 15.3. The van der Waals surface area contributed by atoms with E-state index in [1.165, 1.54) is 17.8 Å². The molecule has 2 aromatic rings. The molecule has 0 saturated carbocycles. The van der Waals surface area contributed by atoms with Crippen LogP contribution in [0.1, 0.15) is 28.8 Å². The van der Waals surface area contributed by atoms with Crippen molar-refractivity contribution >= 4 is 17.7 Å². The third-order valence-electron chi connectivity index (χ3n) is 4.83. The van der Waals surface area contributed by atoms with Gasteiger partial charge in [-0.3, -0.25) is 4.79 Å². The first kappa shape index (κ1) is 19.9. The molecule has 3 rings (SSSR count). The Kier molecular flexibility index (Phi) is 6.19. The summed E-state index contributed by atoms with van der Waals surface area (Å²) in [6.45, 7) is 1.21. The number of hydrogen-bond donors (Lipinski definition) is 0. The fraction of sp³-hybridized carbons (Fsp3) is 0.381. The van der Waals surface area contributed by atoms with Gasteiger partial charge >= 0.3 is 0 Å². The lowest BCUT2D eigenvalue weighted by atomic mass is 9.86. The molecule has 1 amide bonds. The molecule has 0 atom stereocenters. The molecular formula is C21H24FNO3S. The molecule has 144 valence electrons. The number of hydrogen-bond acceptors (Lipinski definition) is 4. The van der Waals surface area contributed by atoms with E-state index in [0.717, 1.165) is 15.4 Å². The molecule has 6 heteroatoms. The summed E-state index contributed by atoms with van der Waals surface area (Å²) in [6.07, 6.45) is 1.41. The topological polar surface area (TPSA) is 38.8 Å². The zero-order valence-electron chi connectivity index (χ0n) is 15.8. The van der Waals surface area contributed by atoms with Crippen molar-refractivity contribution in [3.05, 3.63) is 59.4 Å². The summed E-state index contributed by atoms with van der Waals surface area (Å²) >= 11 is 1.47. The van der Waals surface area contributed by atoms with Crippen LogP contribution in [0.5, 0.6) is 0 Å². The zero-order chi connectivity index (χ0) is 19.4. The van der Waals surface area contributed by atoms with Crippen LogP contribution >= 0.6 is 11.8 Å². The molecule has 0 N–H and O–H groups in total. The molecule has 0 bridgehead atoms. The largest absolute Gasteiger partial charge is 0.381 e. The monoisotopic (exact) mass is 389 g/mol. The molecule has 0 spiro atoms. The Balaban J connectivity index is 1.83. The standard InChI is InChI=1S/C21H24FNO3S/c1-23(2)20(24)15-4-6-18(7-5-15)27-19-13-16(12-17(22)14-19)21(25-3)8-10-26-11-9-21/h4-7,12-14H,8-11H2,1-3H3. The number of halogens is 1. The third kappa shape index (κ3) is 4.51. The number of methoxy groups -OCH3 is 1. The van der Waals surface area contributed by atoms with E-state index in [9.17, 15) is 9.18 Å². The fourth-order valence-electron chi connectivity index (χ4n) is 3.26. The van der Waals surface area contributed by atoms with Gasteiger partial charge in [-0.2, -0.15) is 0 Å². The third-order valence-corrected chi connectivity index (χ3v) is 5.81. The van der Waals surface area contributed by atoms with Gasteiger partial charge in [-0.1, -0.05) is 11.8 Å². The van der Waals surface area contributed by atoms with Gasteiger partial charge in [-0.25, -0.2) is 4.39 Å². The number of carbonyl (C=O) groups excluding carboxylic acids is 1. The summed E-state index contributed by atoms with van der Waals surface area (Å²) in [7, 11) is 5.12. The van der Waals surface area contributed by atoms with Gasteiger partial charge < -0.3 is 14.4 Å². The van der Waals surface area contributed by atoms with E-state index in [-0.39, 0.29) is 11.7 Å². The van der Waals surface area contributed by atoms with Gasteiger partial charge in [-0.05, 0) is 48.0 Å². The predicted octanol–water partition coefficient (Wildman–Crippen LogP) is 4.33. The van der Waals surface area contributed by atoms with Crippen LogP contribution in [0.2, 0.25) is 0 Å². The Morgan fingerprint density at radius 2 is 1.78 bits per heavy atom. The predicted molar refractivity (Wildman–Crippen MR) is 104 cm³/mol. The van der Waals surface area contributed by atoms with Crippen LogP contribution in [-0.4, -0.2) is 45.2 Å². The first-order valence-electron chi connectivity index (χ1n) is 8.87. The fourth-order valence-corrected chi connectivity index (χ4v) is 4.16. The second kappa shape index (κ2) is 8.42. The highest BCUT2D eigenvalue weighted by molar-refractivity contribution is 7.99. The number of rotatable bonds is 5. The normalized spacial score (nSPS) is 16.1. The lowest BCUT2D eigenvalue weighted by Gasteiger charge is -2.36. The molecule has 2 aromatic carbocycles. The average molecular weight is 389 g/mol. The molecule has 4 nitrogen and oxygen atoms in total. The summed E-state index contributed by atoms with van der Waals surface area (Å²) in [5.41, 5.74) is 0.970. The molecule has 0 aromatic heterocycles. The van der Waals surface area contributed by atoms with Gasteiger partial charge in [0.05, 0.1) is 5.60 Å². The maximum Gasteiger partial charge on any atom is 0.253 e. The van der Waals surface area contributed by atoms with Crippen molar-refractivity contribution in [2.24, 2.45) is 0 Å². The minimum Gasteiger partial charge on any atom is -0.381 e. The molecule has 1 aliphatic heterocycles. The Morgan fingerprint density at radius 3 is 2.37 bits per heavy atom. The Labute approximate surface area is 163 Å². The van der Waals surface area contributed by atoms with Crippen LogP contribution in [0.3, 0.4) is 0 Å². The summed E-state index contributed by atoms with van der Waals surface area (Å²) in [6, 6.07) is 12.4. The second-order valence-electron chi connectivity index (χ2n) is 6.81. The maximum atomic E-state index is 14.3. The number of benzene rings is 2. The van der Waals surface area contributed by atoms with Crippen LogP contribution in [0.25, 0.3) is 0 Å². The number of nitrogens with zero attached hydrogens (tertiary/aromatic N) is 1. The zero-order valence-corrected chi connectivity index (χ0v) is 16.6. The molecule has 0 radical (unpaired) electrons. The molecule has 0 unspecified atom stereocenters. The van der Waals surface area contributed by atoms with Crippen molar-refractivity contribution in [2.75, 3.05) is 34.4 Å². The van der Waals surface area contributed by atoms with Crippen LogP contribution in [0, 0.1) is 5.82 Å². The van der Waals surface area contributed by atoms with Gasteiger partial charge in [0, 0.05) is 62.6 Å². The van der Waals surface area contributed by atoms with Crippen LogP contribution in [0.15, 0.2) is 52.3 Å². The van der Waals surface area contributed by atoms with E-state index in [2.05, 4.69) is 0 Å². The van der Waals surface area contributed by atoms with E-state index in [0.29, 0.717) is 31.6 Å². The molecule has 1 saturated heterocycles. The van der Waals surface area contributed by atoms with E-state index >= 15 is 0 Å². The number of amides is 1. The van der Waals surface area contributed by atoms with E-state index in [1.807, 2.05) is 18.2 Å². The van der Waals surface area contributed by atoms with Crippen LogP contribution in [-0.2, 0) is 15.1 Å². The van der Waals surface area contributed by atoms with Gasteiger partial charge in [0.2, 0.25) is 0 Å². The van der Waals surface area contributed by atoms with Crippen molar-refractivity contribution in [2.45, 2.75) is 28.2 Å². The molecule has 27 heavy (non-hydrogen) atoms. The lowest BCUT2D eigenvalue weighted by Crippen LogP contribution is -2.35. The highest BCUT2D eigenvalue weighted by atomic mass is 32.2. The Morgan fingerprint density at radius 1 is 1.11 bits per heavy atom. The van der Waals surface area contributed by atoms with E-state index < -0.39 is 5.60 Å².